The Morgan fingerprint density at radius 2 is 2.05 bits per heavy atom. The average molecular weight is 274 g/mol. The van der Waals surface area contributed by atoms with Gasteiger partial charge >= 0.3 is 5.97 Å². The van der Waals surface area contributed by atoms with Crippen LogP contribution in [0.25, 0.3) is 0 Å². The fraction of sp³-hybridized carbons (Fsp3) is 0.647. The molecule has 0 aliphatic heterocycles. The fourth-order valence-corrected chi connectivity index (χ4v) is 3.53. The first-order valence-electron chi connectivity index (χ1n) is 7.02. The van der Waals surface area contributed by atoms with Crippen LogP contribution in [0.4, 0.5) is 0 Å². The maximum atomic E-state index is 12.6. The predicted octanol–water partition coefficient (Wildman–Crippen LogP) is 2.89. The van der Waals surface area contributed by atoms with E-state index in [1.54, 1.807) is 13.8 Å². The first-order chi connectivity index (χ1) is 9.05. The zero-order valence-corrected chi connectivity index (χ0v) is 12.9. The molecule has 0 heterocycles. The van der Waals surface area contributed by atoms with E-state index in [0.29, 0.717) is 5.57 Å². The average Bonchev–Trinajstić information content (AvgIpc) is 2.63. The van der Waals surface area contributed by atoms with Gasteiger partial charge in [-0.1, -0.05) is 26.7 Å². The maximum absolute atomic E-state index is 12.6. The SMILES string of the molecule is C#CC(C)(C)OC(=O)C=C1C(=O)[C@@]2(C)CC[C@H]1C2(C)C. The van der Waals surface area contributed by atoms with E-state index in [1.165, 1.54) is 6.08 Å². The van der Waals surface area contributed by atoms with Gasteiger partial charge in [0.1, 0.15) is 0 Å². The first-order valence-corrected chi connectivity index (χ1v) is 7.02. The van der Waals surface area contributed by atoms with Crippen molar-refractivity contribution >= 4 is 11.8 Å². The molecule has 2 aliphatic carbocycles. The largest absolute Gasteiger partial charge is 0.443 e. The molecule has 2 aliphatic rings. The Morgan fingerprint density at radius 1 is 1.45 bits per heavy atom. The number of hydrogen-bond acceptors (Lipinski definition) is 3. The highest BCUT2D eigenvalue weighted by molar-refractivity contribution is 6.08. The van der Waals surface area contributed by atoms with Crippen LogP contribution < -0.4 is 0 Å². The molecule has 2 bridgehead atoms. The van der Waals surface area contributed by atoms with Gasteiger partial charge in [-0.3, -0.25) is 4.79 Å². The van der Waals surface area contributed by atoms with Crippen LogP contribution in [-0.2, 0) is 14.3 Å². The lowest BCUT2D eigenvalue weighted by molar-refractivity contribution is -0.145. The van der Waals surface area contributed by atoms with Gasteiger partial charge in [0.15, 0.2) is 11.4 Å². The Morgan fingerprint density at radius 3 is 2.50 bits per heavy atom. The van der Waals surface area contributed by atoms with Crippen molar-refractivity contribution in [2.45, 2.75) is 53.1 Å². The third-order valence-corrected chi connectivity index (χ3v) is 5.34. The summed E-state index contributed by atoms with van der Waals surface area (Å²) in [5, 5.41) is 0. The van der Waals surface area contributed by atoms with Gasteiger partial charge in [0.25, 0.3) is 0 Å². The quantitative estimate of drug-likeness (QED) is 0.442. The van der Waals surface area contributed by atoms with Crippen molar-refractivity contribution in [1.29, 1.82) is 0 Å². The van der Waals surface area contributed by atoms with E-state index in [0.717, 1.165) is 12.8 Å². The number of esters is 1. The second-order valence-corrected chi connectivity index (χ2v) is 7.15. The van der Waals surface area contributed by atoms with Gasteiger partial charge in [-0.2, -0.15) is 0 Å². The number of carbonyl (C=O) groups excluding carboxylic acids is 2. The van der Waals surface area contributed by atoms with Crippen LogP contribution in [0.3, 0.4) is 0 Å². The molecule has 3 heteroatoms. The van der Waals surface area contributed by atoms with Crippen molar-refractivity contribution in [3.63, 3.8) is 0 Å². The van der Waals surface area contributed by atoms with Crippen molar-refractivity contribution in [1.82, 2.24) is 0 Å². The number of fused-ring (bicyclic) bond motifs is 2. The molecule has 0 aromatic carbocycles. The molecule has 2 atom stereocenters. The summed E-state index contributed by atoms with van der Waals surface area (Å²) >= 11 is 0. The summed E-state index contributed by atoms with van der Waals surface area (Å²) in [6.07, 6.45) is 8.51. The third-order valence-electron chi connectivity index (χ3n) is 5.34. The van der Waals surface area contributed by atoms with Crippen molar-refractivity contribution in [3.8, 4) is 12.3 Å². The van der Waals surface area contributed by atoms with Crippen LogP contribution in [0.5, 0.6) is 0 Å². The third kappa shape index (κ3) is 1.90. The Hall–Kier alpha value is -1.56. The molecule has 2 fully saturated rings. The van der Waals surface area contributed by atoms with E-state index in [-0.39, 0.29) is 22.5 Å². The standard InChI is InChI=1S/C17H22O3/c1-7-15(2,3)20-13(18)10-11-12-8-9-17(6,14(11)19)16(12,4)5/h1,10,12H,8-9H2,2-6H3/t12-,17-/m1/s1. The number of Topliss-reactive ketones (excluding diaryl/α,β-unsaturated/α-hetero) is 1. The van der Waals surface area contributed by atoms with E-state index in [2.05, 4.69) is 19.8 Å². The first kappa shape index (κ1) is 14.8. The number of ether oxygens (including phenoxy) is 1. The molecule has 20 heavy (non-hydrogen) atoms. The smallest absolute Gasteiger partial charge is 0.332 e. The van der Waals surface area contributed by atoms with Crippen LogP contribution in [0.15, 0.2) is 11.6 Å². The van der Waals surface area contributed by atoms with Crippen LogP contribution in [0, 0.1) is 29.1 Å². The summed E-state index contributed by atoms with van der Waals surface area (Å²) in [5.74, 6) is 2.12. The van der Waals surface area contributed by atoms with Gasteiger partial charge in [0.05, 0.1) is 0 Å². The number of rotatable bonds is 2. The molecule has 3 nitrogen and oxygen atoms in total. The summed E-state index contributed by atoms with van der Waals surface area (Å²) in [6, 6.07) is 0. The second-order valence-electron chi connectivity index (χ2n) is 7.15. The fourth-order valence-electron chi connectivity index (χ4n) is 3.53. The molecule has 0 aromatic heterocycles. The summed E-state index contributed by atoms with van der Waals surface area (Å²) in [5.41, 5.74) is -0.793. The number of carbonyl (C=O) groups is 2. The highest BCUT2D eigenvalue weighted by Crippen LogP contribution is 2.65. The topological polar surface area (TPSA) is 43.4 Å². The lowest BCUT2D eigenvalue weighted by Gasteiger charge is -2.31. The van der Waals surface area contributed by atoms with Crippen molar-refractivity contribution in [2.24, 2.45) is 16.7 Å². The summed E-state index contributed by atoms with van der Waals surface area (Å²) in [6.45, 7) is 9.53. The lowest BCUT2D eigenvalue weighted by Crippen LogP contribution is -2.32. The summed E-state index contributed by atoms with van der Waals surface area (Å²) < 4.78 is 5.20. The summed E-state index contributed by atoms with van der Waals surface area (Å²) in [7, 11) is 0. The number of terminal acetylenes is 1. The van der Waals surface area contributed by atoms with E-state index >= 15 is 0 Å². The molecule has 0 unspecified atom stereocenters. The van der Waals surface area contributed by atoms with Gasteiger partial charge < -0.3 is 4.74 Å². The number of allylic oxidation sites excluding steroid dienone is 1. The molecular weight excluding hydrogens is 252 g/mol. The second kappa shape index (κ2) is 4.22. The highest BCUT2D eigenvalue weighted by Gasteiger charge is 2.64. The van der Waals surface area contributed by atoms with Gasteiger partial charge in [0, 0.05) is 17.1 Å². The lowest BCUT2D eigenvalue weighted by atomic mass is 9.70. The Kier molecular flexibility index (Phi) is 3.13. The molecule has 0 spiro atoms. The molecule has 0 N–H and O–H groups in total. The normalized spacial score (nSPS) is 33.3. The van der Waals surface area contributed by atoms with E-state index in [1.807, 2.05) is 6.92 Å². The summed E-state index contributed by atoms with van der Waals surface area (Å²) in [4.78, 5) is 24.5. The predicted molar refractivity (Wildman–Crippen MR) is 76.7 cm³/mol. The zero-order chi connectivity index (χ0) is 15.3. The molecule has 0 amide bonds. The van der Waals surface area contributed by atoms with Gasteiger partial charge in [-0.15, -0.1) is 6.42 Å². The highest BCUT2D eigenvalue weighted by atomic mass is 16.6. The van der Waals surface area contributed by atoms with Crippen LogP contribution in [0.1, 0.15) is 47.5 Å². The molecule has 0 aromatic rings. The minimum absolute atomic E-state index is 0.0919. The zero-order valence-electron chi connectivity index (χ0n) is 12.9. The van der Waals surface area contributed by atoms with Gasteiger partial charge in [-0.25, -0.2) is 4.79 Å². The minimum atomic E-state index is -0.950. The minimum Gasteiger partial charge on any atom is -0.443 e. The number of ketones is 1. The molecule has 0 radical (unpaired) electrons. The Balaban J connectivity index is 2.28. The molecule has 108 valence electrons. The Labute approximate surface area is 120 Å². The van der Waals surface area contributed by atoms with Gasteiger partial charge in [-0.05, 0) is 38.0 Å². The molecule has 0 saturated heterocycles. The van der Waals surface area contributed by atoms with E-state index in [9.17, 15) is 9.59 Å². The van der Waals surface area contributed by atoms with E-state index in [4.69, 9.17) is 11.2 Å². The van der Waals surface area contributed by atoms with E-state index < -0.39 is 11.6 Å². The van der Waals surface area contributed by atoms with Crippen LogP contribution in [0.2, 0.25) is 0 Å². The molecule has 2 rings (SSSR count). The van der Waals surface area contributed by atoms with Crippen LogP contribution >= 0.6 is 0 Å². The maximum Gasteiger partial charge on any atom is 0.332 e. The number of hydrogen-bond donors (Lipinski definition) is 0. The monoisotopic (exact) mass is 274 g/mol. The molecular formula is C17H22O3. The van der Waals surface area contributed by atoms with Crippen molar-refractivity contribution in [3.05, 3.63) is 11.6 Å². The van der Waals surface area contributed by atoms with Crippen molar-refractivity contribution in [2.75, 3.05) is 0 Å². The van der Waals surface area contributed by atoms with Crippen LogP contribution in [-0.4, -0.2) is 17.4 Å². The Bertz CT molecular complexity index is 545. The van der Waals surface area contributed by atoms with Gasteiger partial charge in [0.2, 0.25) is 0 Å². The molecule has 2 saturated carbocycles. The van der Waals surface area contributed by atoms with Crippen molar-refractivity contribution < 1.29 is 14.3 Å².